The Labute approximate surface area is 139 Å². The van der Waals surface area contributed by atoms with Gasteiger partial charge < -0.3 is 4.57 Å². The molecule has 108 valence electrons. The quantitative estimate of drug-likeness (QED) is 0.483. The van der Waals surface area contributed by atoms with Crippen LogP contribution in [0, 0.1) is 16.3 Å². The third-order valence-electron chi connectivity index (χ3n) is 3.14. The van der Waals surface area contributed by atoms with Gasteiger partial charge in [-0.1, -0.05) is 0 Å². The Kier molecular flexibility index (Phi) is 4.08. The van der Waals surface area contributed by atoms with Crippen molar-refractivity contribution in [1.82, 2.24) is 19.5 Å². The molecule has 0 aliphatic carbocycles. The van der Waals surface area contributed by atoms with Crippen molar-refractivity contribution in [2.75, 3.05) is 0 Å². The maximum Gasteiger partial charge on any atom is 0.138 e. The molecule has 0 fully saturated rings. The number of hydrogen-bond donors (Lipinski definition) is 0. The second-order valence-electron chi connectivity index (χ2n) is 4.65. The molecule has 0 saturated heterocycles. The summed E-state index contributed by atoms with van der Waals surface area (Å²) in [5.74, 6) is 0.683. The number of aryl methyl sites for hydroxylation is 1. The molecule has 0 amide bonds. The number of aromatic nitrogens is 4. The Balaban J connectivity index is 2.11. The van der Waals surface area contributed by atoms with E-state index in [1.165, 1.54) is 6.07 Å². The lowest BCUT2D eigenvalue weighted by Gasteiger charge is -2.07. The van der Waals surface area contributed by atoms with E-state index in [1.54, 1.807) is 18.5 Å². The number of nitrogens with zero attached hydrogens (tertiary/aromatic N) is 4. The SMILES string of the molecule is Cc1cnc(Cn2c(CCl)nc3cc(I)c(F)cc32)cn1. The molecule has 7 heteroatoms. The van der Waals surface area contributed by atoms with Gasteiger partial charge in [0.1, 0.15) is 11.6 Å². The lowest BCUT2D eigenvalue weighted by atomic mass is 10.3. The molecular formula is C14H11ClFIN4. The number of imidazole rings is 1. The smallest absolute Gasteiger partial charge is 0.138 e. The van der Waals surface area contributed by atoms with Crippen LogP contribution >= 0.6 is 34.2 Å². The van der Waals surface area contributed by atoms with Crippen molar-refractivity contribution in [3.05, 3.63) is 51.1 Å². The topological polar surface area (TPSA) is 43.6 Å². The summed E-state index contributed by atoms with van der Waals surface area (Å²) < 4.78 is 16.2. The zero-order valence-corrected chi connectivity index (χ0v) is 14.1. The van der Waals surface area contributed by atoms with Crippen LogP contribution in [0.5, 0.6) is 0 Å². The molecule has 2 aromatic heterocycles. The summed E-state index contributed by atoms with van der Waals surface area (Å²) in [5.41, 5.74) is 3.08. The summed E-state index contributed by atoms with van der Waals surface area (Å²) in [6.45, 7) is 2.34. The van der Waals surface area contributed by atoms with Gasteiger partial charge in [-0.05, 0) is 35.6 Å². The molecule has 0 bridgehead atoms. The normalized spacial score (nSPS) is 11.2. The Morgan fingerprint density at radius 3 is 2.76 bits per heavy atom. The summed E-state index contributed by atoms with van der Waals surface area (Å²) in [4.78, 5) is 13.0. The first-order valence-electron chi connectivity index (χ1n) is 6.26. The van der Waals surface area contributed by atoms with Crippen LogP contribution in [0.3, 0.4) is 0 Å². The Bertz CT molecular complexity index is 801. The first-order valence-corrected chi connectivity index (χ1v) is 7.87. The summed E-state index contributed by atoms with van der Waals surface area (Å²) in [7, 11) is 0. The molecule has 0 N–H and O–H groups in total. The van der Waals surface area contributed by atoms with Crippen molar-refractivity contribution in [3.63, 3.8) is 0 Å². The molecule has 3 rings (SSSR count). The predicted octanol–water partition coefficient (Wildman–Crippen LogP) is 3.67. The first-order chi connectivity index (χ1) is 10.1. The van der Waals surface area contributed by atoms with Crippen molar-refractivity contribution in [2.45, 2.75) is 19.3 Å². The van der Waals surface area contributed by atoms with Crippen LogP contribution < -0.4 is 0 Å². The van der Waals surface area contributed by atoms with Crippen molar-refractivity contribution in [2.24, 2.45) is 0 Å². The lowest BCUT2D eigenvalue weighted by Crippen LogP contribution is -2.06. The van der Waals surface area contributed by atoms with Gasteiger partial charge in [0.25, 0.3) is 0 Å². The number of alkyl halides is 1. The van der Waals surface area contributed by atoms with Crippen LogP contribution in [0.4, 0.5) is 4.39 Å². The lowest BCUT2D eigenvalue weighted by molar-refractivity contribution is 0.620. The van der Waals surface area contributed by atoms with Gasteiger partial charge in [0.15, 0.2) is 0 Å². The van der Waals surface area contributed by atoms with Gasteiger partial charge in [0, 0.05) is 12.3 Å². The van der Waals surface area contributed by atoms with Gasteiger partial charge in [-0.25, -0.2) is 9.37 Å². The third-order valence-corrected chi connectivity index (χ3v) is 4.21. The van der Waals surface area contributed by atoms with E-state index in [1.807, 2.05) is 34.1 Å². The van der Waals surface area contributed by atoms with E-state index >= 15 is 0 Å². The average molecular weight is 417 g/mol. The molecular weight excluding hydrogens is 406 g/mol. The molecule has 0 saturated carbocycles. The number of halogens is 3. The van der Waals surface area contributed by atoms with Crippen molar-refractivity contribution in [1.29, 1.82) is 0 Å². The first kappa shape index (κ1) is 14.6. The maximum absolute atomic E-state index is 13.8. The van der Waals surface area contributed by atoms with E-state index < -0.39 is 0 Å². The molecule has 0 unspecified atom stereocenters. The fourth-order valence-corrected chi connectivity index (χ4v) is 2.77. The standard InChI is InChI=1S/C14H11ClFIN4/c1-8-5-19-9(6-18-8)7-21-13-2-10(16)11(17)3-12(13)20-14(21)4-15/h2-3,5-6H,4,7H2,1H3. The number of fused-ring (bicyclic) bond motifs is 1. The number of hydrogen-bond acceptors (Lipinski definition) is 3. The maximum atomic E-state index is 13.8. The van der Waals surface area contributed by atoms with Crippen LogP contribution in [0.15, 0.2) is 24.5 Å². The van der Waals surface area contributed by atoms with Crippen LogP contribution in [-0.2, 0) is 12.4 Å². The van der Waals surface area contributed by atoms with E-state index in [0.717, 1.165) is 16.9 Å². The zero-order valence-electron chi connectivity index (χ0n) is 11.1. The highest BCUT2D eigenvalue weighted by Gasteiger charge is 2.13. The molecule has 2 heterocycles. The largest absolute Gasteiger partial charge is 0.321 e. The number of rotatable bonds is 3. The Morgan fingerprint density at radius 2 is 2.10 bits per heavy atom. The third kappa shape index (κ3) is 2.87. The van der Waals surface area contributed by atoms with Gasteiger partial charge in [-0.2, -0.15) is 0 Å². The van der Waals surface area contributed by atoms with Gasteiger partial charge in [0.05, 0.1) is 44.6 Å². The minimum atomic E-state index is -0.264. The van der Waals surface area contributed by atoms with Crippen molar-refractivity contribution >= 4 is 45.2 Å². The Hall–Kier alpha value is -1.28. The van der Waals surface area contributed by atoms with Gasteiger partial charge in [0.2, 0.25) is 0 Å². The summed E-state index contributed by atoms with van der Waals surface area (Å²) in [6.07, 6.45) is 3.42. The minimum absolute atomic E-state index is 0.256. The zero-order chi connectivity index (χ0) is 15.0. The molecule has 21 heavy (non-hydrogen) atoms. The van der Waals surface area contributed by atoms with Crippen molar-refractivity contribution in [3.8, 4) is 0 Å². The van der Waals surface area contributed by atoms with Gasteiger partial charge >= 0.3 is 0 Å². The molecule has 4 nitrogen and oxygen atoms in total. The molecule has 0 atom stereocenters. The molecule has 3 aromatic rings. The van der Waals surface area contributed by atoms with Gasteiger partial charge in [-0.15, -0.1) is 11.6 Å². The van der Waals surface area contributed by atoms with Crippen LogP contribution in [-0.4, -0.2) is 19.5 Å². The van der Waals surface area contributed by atoms with E-state index in [4.69, 9.17) is 11.6 Å². The predicted molar refractivity (Wildman–Crippen MR) is 87.8 cm³/mol. The molecule has 1 aromatic carbocycles. The fraction of sp³-hybridized carbons (Fsp3) is 0.214. The second-order valence-corrected chi connectivity index (χ2v) is 6.08. The molecule has 0 aliphatic rings. The molecule has 0 radical (unpaired) electrons. The summed E-state index contributed by atoms with van der Waals surface area (Å²) in [6, 6.07) is 3.21. The van der Waals surface area contributed by atoms with Crippen LogP contribution in [0.1, 0.15) is 17.2 Å². The fourth-order valence-electron chi connectivity index (χ4n) is 2.11. The highest BCUT2D eigenvalue weighted by atomic mass is 127. The molecule has 0 aliphatic heterocycles. The van der Waals surface area contributed by atoms with Crippen molar-refractivity contribution < 1.29 is 4.39 Å². The monoisotopic (exact) mass is 416 g/mol. The van der Waals surface area contributed by atoms with Gasteiger partial charge in [-0.3, -0.25) is 9.97 Å². The highest BCUT2D eigenvalue weighted by Crippen LogP contribution is 2.23. The van der Waals surface area contributed by atoms with E-state index in [-0.39, 0.29) is 11.7 Å². The second kappa shape index (κ2) is 5.84. The summed E-state index contributed by atoms with van der Waals surface area (Å²) >= 11 is 7.91. The number of benzene rings is 1. The van der Waals surface area contributed by atoms with Crippen LogP contribution in [0.25, 0.3) is 11.0 Å². The van der Waals surface area contributed by atoms with E-state index in [2.05, 4.69) is 15.0 Å². The Morgan fingerprint density at radius 1 is 1.29 bits per heavy atom. The molecule has 0 spiro atoms. The van der Waals surface area contributed by atoms with E-state index in [9.17, 15) is 4.39 Å². The minimum Gasteiger partial charge on any atom is -0.321 e. The highest BCUT2D eigenvalue weighted by molar-refractivity contribution is 14.1. The average Bonchev–Trinajstić information content (AvgIpc) is 2.79. The van der Waals surface area contributed by atoms with Crippen LogP contribution in [0.2, 0.25) is 0 Å². The summed E-state index contributed by atoms with van der Waals surface area (Å²) in [5, 5.41) is 0. The van der Waals surface area contributed by atoms with E-state index in [0.29, 0.717) is 21.5 Å².